The van der Waals surface area contributed by atoms with E-state index in [2.05, 4.69) is 20.0 Å². The number of aromatic carboxylic acids is 1. The average Bonchev–Trinajstić information content (AvgIpc) is 3.87. The van der Waals surface area contributed by atoms with Crippen LogP contribution in [0.1, 0.15) is 44.2 Å². The number of benzene rings is 9. The summed E-state index contributed by atoms with van der Waals surface area (Å²) in [5.74, 6) is -4.80. The van der Waals surface area contributed by atoms with E-state index >= 15 is 0 Å². The number of nitrogens with one attached hydrogen (secondary N) is 2. The summed E-state index contributed by atoms with van der Waals surface area (Å²) in [6.45, 7) is 13.9. The maximum atomic E-state index is 12.7. The number of alkyl halides is 3. The van der Waals surface area contributed by atoms with Crippen LogP contribution in [0.25, 0.3) is 64.7 Å². The highest BCUT2D eigenvalue weighted by atomic mass is 35.5. The molecule has 10 rings (SSSR count). The number of nitrogens with two attached hydrogens (primary N) is 1. The summed E-state index contributed by atoms with van der Waals surface area (Å²) < 4.78 is 43.6. The number of hydrogen-bond donors (Lipinski definition) is 7. The Hall–Kier alpha value is -10.2. The van der Waals surface area contributed by atoms with Crippen molar-refractivity contribution < 1.29 is 52.4 Å². The fourth-order valence-electron chi connectivity index (χ4n) is 7.45. The van der Waals surface area contributed by atoms with E-state index < -0.39 is 42.2 Å². The van der Waals surface area contributed by atoms with Gasteiger partial charge in [-0.05, 0) is 93.0 Å². The van der Waals surface area contributed by atoms with E-state index in [9.17, 15) is 42.9 Å². The molecule has 0 aliphatic heterocycles. The molecule has 0 radical (unpaired) electrons. The maximum Gasteiger partial charge on any atom is 0.471 e. The number of nitrogens with zero attached hydrogens (tertiary/aromatic N) is 3. The van der Waals surface area contributed by atoms with Crippen LogP contribution in [0.15, 0.2) is 205 Å². The van der Waals surface area contributed by atoms with Gasteiger partial charge in [-0.25, -0.2) is 22.9 Å². The minimum Gasteiger partial charge on any atom is -0.507 e. The zero-order valence-corrected chi connectivity index (χ0v) is 40.9. The van der Waals surface area contributed by atoms with Gasteiger partial charge in [0, 0.05) is 11.1 Å². The number of carbonyl (C=O) groups is 3. The Morgan fingerprint density at radius 3 is 1.45 bits per heavy atom. The molecule has 0 bridgehead atoms. The highest BCUT2D eigenvalue weighted by Gasteiger charge is 2.40. The number of phenolic OH excluding ortho intramolecular Hbond substituents is 2. The van der Waals surface area contributed by atoms with Crippen molar-refractivity contribution in [3.8, 4) is 40.0 Å². The molecule has 2 unspecified atom stereocenters. The van der Waals surface area contributed by atoms with E-state index in [1.165, 1.54) is 18.2 Å². The van der Waals surface area contributed by atoms with Crippen LogP contribution in [0.5, 0.6) is 17.2 Å². The van der Waals surface area contributed by atoms with Gasteiger partial charge in [0.2, 0.25) is 11.8 Å². The van der Waals surface area contributed by atoms with Crippen molar-refractivity contribution in [2.45, 2.75) is 18.5 Å². The molecule has 0 aliphatic carbocycles. The first kappa shape index (κ1) is 56.1. The van der Waals surface area contributed by atoms with Crippen molar-refractivity contribution >= 4 is 68.4 Å². The number of carboxylic acid groups (broad SMARTS) is 1. The zero-order chi connectivity index (χ0) is 54.4. The molecule has 10 aromatic rings. The van der Waals surface area contributed by atoms with Gasteiger partial charge in [0.05, 0.1) is 16.7 Å². The van der Waals surface area contributed by atoms with Gasteiger partial charge < -0.3 is 24.8 Å². The number of fused-ring (bicyclic) bond motifs is 3. The van der Waals surface area contributed by atoms with Gasteiger partial charge >= 0.3 is 30.4 Å². The van der Waals surface area contributed by atoms with Crippen molar-refractivity contribution in [3.63, 3.8) is 0 Å². The predicted molar refractivity (Wildman–Crippen MR) is 290 cm³/mol. The number of oxazole rings is 1. The number of carboxylic acids is 1. The highest BCUT2D eigenvalue weighted by molar-refractivity contribution is 6.02. The first-order valence-electron chi connectivity index (χ1n) is 22.8. The number of halogens is 4. The van der Waals surface area contributed by atoms with Crippen LogP contribution >= 0.6 is 12.4 Å². The topological polar surface area (TPSA) is 217 Å². The number of amides is 2. The lowest BCUT2D eigenvalue weighted by Gasteiger charge is -2.10. The summed E-state index contributed by atoms with van der Waals surface area (Å²) in [7, 11) is 0. The Morgan fingerprint density at radius 1 is 0.571 bits per heavy atom. The van der Waals surface area contributed by atoms with Gasteiger partial charge in [0.25, 0.3) is 5.91 Å². The summed E-state index contributed by atoms with van der Waals surface area (Å²) >= 11 is 0. The van der Waals surface area contributed by atoms with E-state index in [0.717, 1.165) is 37.9 Å². The molecule has 2 amide bonds. The quantitative estimate of drug-likeness (QED) is 0.0714. The van der Waals surface area contributed by atoms with E-state index in [0.29, 0.717) is 11.1 Å². The highest BCUT2D eigenvalue weighted by Crippen LogP contribution is 2.39. The smallest absolute Gasteiger partial charge is 0.471 e. The Morgan fingerprint density at radius 2 is 0.987 bits per heavy atom. The number of anilines is 1. The standard InChI is InChI=1S/C21H13F3N2O3.C19H14N2O2.C11H8O3.C8H8N2.ClH/c22-21(23,24)20(28)26-19-17(12-6-2-1-3-7-12)25-18(29-19)15-10-13-8-4-5-9-14(13)11-16(15)27;1-20-18(13-7-3-2-4-8-13)21-19(23)16-11-14-9-5-6-10-15(14)12-17(16)22;12-10-6-8-4-2-1-3-7(8)5-9(10)11(13)14;1-10-8(9)7-5-3-2-4-6-7;/h1-11,27H,(H,26,28);2-12,18,22H,(H,21,23);1-6,12H,(H,13,14);2-6,8H,9H2;1H. The van der Waals surface area contributed by atoms with Crippen LogP contribution < -0.4 is 16.4 Å². The molecule has 0 spiro atoms. The lowest BCUT2D eigenvalue weighted by atomic mass is 10.0. The van der Waals surface area contributed by atoms with E-state index in [4.69, 9.17) is 28.4 Å². The molecule has 0 saturated heterocycles. The van der Waals surface area contributed by atoms with Crippen molar-refractivity contribution in [1.29, 1.82) is 0 Å². The minimum absolute atomic E-state index is 0. The normalized spacial score (nSPS) is 11.2. The number of rotatable bonds is 8. The zero-order valence-electron chi connectivity index (χ0n) is 40.1. The Bertz CT molecular complexity index is 3780. The van der Waals surface area contributed by atoms with Gasteiger partial charge in [-0.3, -0.25) is 35.6 Å². The first-order chi connectivity index (χ1) is 36.5. The van der Waals surface area contributed by atoms with E-state index in [-0.39, 0.29) is 57.9 Å². The summed E-state index contributed by atoms with van der Waals surface area (Å²) in [5, 5.41) is 47.9. The molecular weight excluding hydrogens is 1010 g/mol. The summed E-state index contributed by atoms with van der Waals surface area (Å²) in [6.07, 6.45) is -6.37. The molecule has 2 atom stereocenters. The van der Waals surface area contributed by atoms with Gasteiger partial charge in [0.1, 0.15) is 28.5 Å². The molecule has 8 N–H and O–H groups in total. The third kappa shape index (κ3) is 14.3. The van der Waals surface area contributed by atoms with Gasteiger partial charge in [0.15, 0.2) is 0 Å². The molecule has 386 valence electrons. The van der Waals surface area contributed by atoms with Gasteiger partial charge in [-0.2, -0.15) is 13.2 Å². The number of aromatic hydroxyl groups is 3. The van der Waals surface area contributed by atoms with Crippen molar-refractivity contribution in [3.05, 3.63) is 245 Å². The second-order valence-corrected chi connectivity index (χ2v) is 16.4. The lowest BCUT2D eigenvalue weighted by molar-refractivity contribution is -0.167. The molecule has 9 aromatic carbocycles. The van der Waals surface area contributed by atoms with Gasteiger partial charge in [-0.15, -0.1) is 12.4 Å². The Kier molecular flexibility index (Phi) is 18.7. The fraction of sp³-hybridized carbons (Fsp3) is 0.0508. The summed E-state index contributed by atoms with van der Waals surface area (Å²) in [6, 6.07) is 57.9. The molecule has 14 nitrogen and oxygen atoms in total. The fourth-order valence-corrected chi connectivity index (χ4v) is 7.45. The molecular formula is C59H44ClF3N6O8. The Labute approximate surface area is 444 Å². The average molecular weight is 1060 g/mol. The number of aromatic nitrogens is 1. The Balaban J connectivity index is 0.000000178. The molecule has 0 aliphatic rings. The molecule has 1 heterocycles. The lowest BCUT2D eigenvalue weighted by Crippen LogP contribution is -2.29. The minimum atomic E-state index is -5.09. The van der Waals surface area contributed by atoms with Gasteiger partial charge in [-0.1, -0.05) is 140 Å². The summed E-state index contributed by atoms with van der Waals surface area (Å²) in [5.41, 5.74) is 7.76. The predicted octanol–water partition coefficient (Wildman–Crippen LogP) is 13.5. The third-order valence-electron chi connectivity index (χ3n) is 11.2. The number of phenols is 3. The molecule has 0 saturated carbocycles. The van der Waals surface area contributed by atoms with E-state index in [1.807, 2.05) is 109 Å². The maximum absolute atomic E-state index is 12.7. The molecule has 77 heavy (non-hydrogen) atoms. The van der Waals surface area contributed by atoms with Crippen LogP contribution in [0.3, 0.4) is 0 Å². The van der Waals surface area contributed by atoms with Crippen LogP contribution in [0.4, 0.5) is 19.1 Å². The second kappa shape index (κ2) is 25.6. The largest absolute Gasteiger partial charge is 0.507 e. The first-order valence-corrected chi connectivity index (χ1v) is 22.8. The molecule has 0 fully saturated rings. The summed E-state index contributed by atoms with van der Waals surface area (Å²) in [4.78, 5) is 45.5. The van der Waals surface area contributed by atoms with Crippen LogP contribution in [-0.2, 0) is 4.79 Å². The third-order valence-corrected chi connectivity index (χ3v) is 11.2. The van der Waals surface area contributed by atoms with Crippen LogP contribution in [-0.4, -0.2) is 49.4 Å². The number of carbonyl (C=O) groups excluding carboxylic acids is 2. The molecule has 18 heteroatoms. The second-order valence-electron chi connectivity index (χ2n) is 16.4. The van der Waals surface area contributed by atoms with Crippen LogP contribution in [0, 0.1) is 13.1 Å². The SMILES string of the molecule is Cl.O=C(Nc1oc(-c2cc3ccccc3cc2O)nc1-c1ccccc1)C(F)(F)F.O=C(O)c1cc2ccccc2cc1O.[C-]#[N+]C(N)c1ccccc1.[C-]#[N+]C(NC(=O)c1cc2ccccc2cc1O)c1ccccc1. The van der Waals surface area contributed by atoms with Crippen molar-refractivity contribution in [2.75, 3.05) is 5.32 Å². The van der Waals surface area contributed by atoms with E-state index in [1.54, 1.807) is 78.1 Å². The number of hydrogen-bond acceptors (Lipinski definition) is 9. The van der Waals surface area contributed by atoms with Crippen molar-refractivity contribution in [1.82, 2.24) is 10.3 Å². The monoisotopic (exact) mass is 1060 g/mol. The van der Waals surface area contributed by atoms with Crippen molar-refractivity contribution in [2.24, 2.45) is 5.73 Å². The molecule has 1 aromatic heterocycles. The van der Waals surface area contributed by atoms with Crippen LogP contribution in [0.2, 0.25) is 0 Å².